The molecule has 0 aliphatic carbocycles. The average Bonchev–Trinajstić information content (AvgIpc) is 2.74. The Labute approximate surface area is 165 Å². The van der Waals surface area contributed by atoms with E-state index >= 15 is 0 Å². The summed E-state index contributed by atoms with van der Waals surface area (Å²) >= 11 is 0. The first kappa shape index (κ1) is 19.7. The van der Waals surface area contributed by atoms with Gasteiger partial charge < -0.3 is 19.7 Å². The number of piperidine rings is 1. The zero-order valence-electron chi connectivity index (χ0n) is 16.1. The molecule has 1 aliphatic rings. The van der Waals surface area contributed by atoms with Crippen molar-refractivity contribution in [2.75, 3.05) is 31.6 Å². The fraction of sp³-hybridized carbons (Fsp3) is 0.364. The highest BCUT2D eigenvalue weighted by atomic mass is 16.5. The normalized spacial score (nSPS) is 16.3. The van der Waals surface area contributed by atoms with E-state index in [0.717, 1.165) is 24.3 Å². The monoisotopic (exact) mass is 382 g/mol. The molecule has 0 aromatic heterocycles. The van der Waals surface area contributed by atoms with Gasteiger partial charge in [-0.2, -0.15) is 0 Å². The summed E-state index contributed by atoms with van der Waals surface area (Å²) in [5, 5.41) is 2.92. The van der Waals surface area contributed by atoms with Crippen molar-refractivity contribution in [3.05, 3.63) is 54.6 Å². The van der Waals surface area contributed by atoms with Crippen molar-refractivity contribution < 1.29 is 19.1 Å². The number of nitrogens with one attached hydrogen (secondary N) is 1. The van der Waals surface area contributed by atoms with Gasteiger partial charge in [-0.3, -0.25) is 9.59 Å². The molecule has 2 aromatic carbocycles. The number of carbonyl (C=O) groups is 2. The maximum absolute atomic E-state index is 12.5. The van der Waals surface area contributed by atoms with Crippen LogP contribution >= 0.6 is 0 Å². The Hall–Kier alpha value is -3.02. The average molecular weight is 382 g/mol. The number of likely N-dealkylation sites (tertiary alicyclic amines) is 1. The van der Waals surface area contributed by atoms with Crippen molar-refractivity contribution in [1.82, 2.24) is 4.90 Å². The molecule has 0 bridgehead atoms. The van der Waals surface area contributed by atoms with Crippen LogP contribution in [0.2, 0.25) is 0 Å². The van der Waals surface area contributed by atoms with Gasteiger partial charge in [0.05, 0.1) is 12.5 Å². The van der Waals surface area contributed by atoms with Crippen molar-refractivity contribution in [1.29, 1.82) is 0 Å². The number of benzene rings is 2. The van der Waals surface area contributed by atoms with Crippen molar-refractivity contribution in [3.63, 3.8) is 0 Å². The number of anilines is 1. The molecule has 0 unspecified atom stereocenters. The molecule has 2 amide bonds. The van der Waals surface area contributed by atoms with Crippen molar-refractivity contribution >= 4 is 17.5 Å². The van der Waals surface area contributed by atoms with Gasteiger partial charge in [0.2, 0.25) is 5.91 Å². The lowest BCUT2D eigenvalue weighted by atomic mass is 9.97. The van der Waals surface area contributed by atoms with Crippen LogP contribution in [-0.2, 0) is 9.59 Å². The van der Waals surface area contributed by atoms with Gasteiger partial charge in [-0.1, -0.05) is 18.2 Å². The van der Waals surface area contributed by atoms with E-state index in [-0.39, 0.29) is 24.3 Å². The van der Waals surface area contributed by atoms with Crippen LogP contribution in [0.4, 0.5) is 5.69 Å². The Morgan fingerprint density at radius 3 is 2.39 bits per heavy atom. The molecule has 6 nitrogen and oxygen atoms in total. The van der Waals surface area contributed by atoms with Crippen LogP contribution in [0, 0.1) is 5.92 Å². The standard InChI is InChI=1S/C22H26N2O4/c1-2-27-19-10-12-20(13-11-19)28-16-21(25)24-14-6-7-17(15-24)22(26)23-18-8-4-3-5-9-18/h3-5,8-13,17H,2,6-7,14-16H2,1H3,(H,23,26)/t17-/m0/s1. The summed E-state index contributed by atoms with van der Waals surface area (Å²) in [5.41, 5.74) is 0.773. The lowest BCUT2D eigenvalue weighted by Crippen LogP contribution is -2.45. The van der Waals surface area contributed by atoms with Crippen molar-refractivity contribution in [2.45, 2.75) is 19.8 Å². The van der Waals surface area contributed by atoms with Gasteiger partial charge in [0.1, 0.15) is 11.5 Å². The number of rotatable bonds is 7. The first-order chi connectivity index (χ1) is 13.7. The third-order valence-corrected chi connectivity index (χ3v) is 4.68. The van der Waals surface area contributed by atoms with E-state index in [2.05, 4.69) is 5.32 Å². The van der Waals surface area contributed by atoms with E-state index < -0.39 is 0 Å². The van der Waals surface area contributed by atoms with E-state index in [4.69, 9.17) is 9.47 Å². The molecule has 1 heterocycles. The molecule has 148 valence electrons. The molecule has 1 saturated heterocycles. The number of nitrogens with zero attached hydrogens (tertiary/aromatic N) is 1. The summed E-state index contributed by atoms with van der Waals surface area (Å²) in [5.74, 6) is 1.03. The van der Waals surface area contributed by atoms with Gasteiger partial charge in [0.25, 0.3) is 5.91 Å². The second-order valence-electron chi connectivity index (χ2n) is 6.73. The second kappa shape index (κ2) is 9.78. The Bertz CT molecular complexity index is 777. The molecule has 1 fully saturated rings. The molecule has 0 saturated carbocycles. The molecular weight excluding hydrogens is 356 g/mol. The largest absolute Gasteiger partial charge is 0.494 e. The van der Waals surface area contributed by atoms with Crippen LogP contribution in [0.5, 0.6) is 11.5 Å². The Morgan fingerprint density at radius 1 is 1.04 bits per heavy atom. The summed E-state index contributed by atoms with van der Waals surface area (Å²) in [7, 11) is 0. The molecule has 1 N–H and O–H groups in total. The highest BCUT2D eigenvalue weighted by molar-refractivity contribution is 5.93. The van der Waals surface area contributed by atoms with E-state index in [1.807, 2.05) is 49.4 Å². The Balaban J connectivity index is 1.49. The number of ether oxygens (including phenoxy) is 2. The quantitative estimate of drug-likeness (QED) is 0.798. The zero-order chi connectivity index (χ0) is 19.8. The zero-order valence-corrected chi connectivity index (χ0v) is 16.1. The molecule has 1 aliphatic heterocycles. The van der Waals surface area contributed by atoms with Gasteiger partial charge in [-0.15, -0.1) is 0 Å². The molecule has 6 heteroatoms. The predicted octanol–water partition coefficient (Wildman–Crippen LogP) is 3.34. The van der Waals surface area contributed by atoms with Crippen molar-refractivity contribution in [3.8, 4) is 11.5 Å². The molecule has 0 radical (unpaired) electrons. The lowest BCUT2D eigenvalue weighted by Gasteiger charge is -2.32. The van der Waals surface area contributed by atoms with Gasteiger partial charge in [0, 0.05) is 18.8 Å². The van der Waals surface area contributed by atoms with Gasteiger partial charge in [-0.25, -0.2) is 0 Å². The van der Waals surface area contributed by atoms with Crippen molar-refractivity contribution in [2.24, 2.45) is 5.92 Å². The first-order valence-corrected chi connectivity index (χ1v) is 9.65. The van der Waals surface area contributed by atoms with Gasteiger partial charge in [0.15, 0.2) is 6.61 Å². The molecule has 28 heavy (non-hydrogen) atoms. The SMILES string of the molecule is CCOc1ccc(OCC(=O)N2CCC[C@H](C(=O)Nc3ccccc3)C2)cc1. The number of hydrogen-bond donors (Lipinski definition) is 1. The van der Waals surface area contributed by atoms with Crippen LogP contribution in [0.3, 0.4) is 0 Å². The number of amides is 2. The maximum Gasteiger partial charge on any atom is 0.260 e. The number of hydrogen-bond acceptors (Lipinski definition) is 4. The predicted molar refractivity (Wildman–Crippen MR) is 107 cm³/mol. The summed E-state index contributed by atoms with van der Waals surface area (Å²) in [6.45, 7) is 3.56. The summed E-state index contributed by atoms with van der Waals surface area (Å²) in [6, 6.07) is 16.6. The maximum atomic E-state index is 12.5. The van der Waals surface area contributed by atoms with Crippen LogP contribution in [0.25, 0.3) is 0 Å². The van der Waals surface area contributed by atoms with Crippen LogP contribution in [0.1, 0.15) is 19.8 Å². The van der Waals surface area contributed by atoms with Crippen LogP contribution in [0.15, 0.2) is 54.6 Å². The molecular formula is C22H26N2O4. The lowest BCUT2D eigenvalue weighted by molar-refractivity contribution is -0.136. The second-order valence-corrected chi connectivity index (χ2v) is 6.73. The Morgan fingerprint density at radius 2 is 1.71 bits per heavy atom. The Kier molecular flexibility index (Phi) is 6.89. The molecule has 0 spiro atoms. The molecule has 3 rings (SSSR count). The van der Waals surface area contributed by atoms with Gasteiger partial charge in [-0.05, 0) is 56.2 Å². The smallest absolute Gasteiger partial charge is 0.260 e. The third-order valence-electron chi connectivity index (χ3n) is 4.68. The summed E-state index contributed by atoms with van der Waals surface area (Å²) in [6.07, 6.45) is 1.59. The van der Waals surface area contributed by atoms with Crippen LogP contribution in [-0.4, -0.2) is 43.0 Å². The fourth-order valence-electron chi connectivity index (χ4n) is 3.22. The molecule has 2 aromatic rings. The van der Waals surface area contributed by atoms with E-state index in [0.29, 0.717) is 25.4 Å². The first-order valence-electron chi connectivity index (χ1n) is 9.65. The fourth-order valence-corrected chi connectivity index (χ4v) is 3.22. The minimum atomic E-state index is -0.205. The molecule has 1 atom stereocenters. The van der Waals surface area contributed by atoms with E-state index in [1.165, 1.54) is 0 Å². The summed E-state index contributed by atoms with van der Waals surface area (Å²) in [4.78, 5) is 26.7. The highest BCUT2D eigenvalue weighted by Gasteiger charge is 2.28. The van der Waals surface area contributed by atoms with E-state index in [1.54, 1.807) is 17.0 Å². The minimum Gasteiger partial charge on any atom is -0.494 e. The van der Waals surface area contributed by atoms with E-state index in [9.17, 15) is 9.59 Å². The topological polar surface area (TPSA) is 67.9 Å². The minimum absolute atomic E-state index is 0.0407. The van der Waals surface area contributed by atoms with Gasteiger partial charge >= 0.3 is 0 Å². The third kappa shape index (κ3) is 5.49. The number of para-hydroxylation sites is 1. The summed E-state index contributed by atoms with van der Waals surface area (Å²) < 4.78 is 11.0. The highest BCUT2D eigenvalue weighted by Crippen LogP contribution is 2.20. The number of carbonyl (C=O) groups excluding carboxylic acids is 2. The van der Waals surface area contributed by atoms with Crippen LogP contribution < -0.4 is 14.8 Å².